The molecule has 0 fully saturated rings. The molecule has 31 heavy (non-hydrogen) atoms. The average Bonchev–Trinajstić information content (AvgIpc) is 3.36. The van der Waals surface area contributed by atoms with Crippen molar-refractivity contribution >= 4 is 79.8 Å². The summed E-state index contributed by atoms with van der Waals surface area (Å²) in [5.41, 5.74) is 2.15. The van der Waals surface area contributed by atoms with Crippen molar-refractivity contribution in [3.05, 3.63) is 75.2 Å². The summed E-state index contributed by atoms with van der Waals surface area (Å²) in [4.78, 5) is 23.9. The third-order valence-corrected chi connectivity index (χ3v) is 6.44. The number of aryl methyl sites for hydroxylation is 2. The average molecular weight is 516 g/mol. The van der Waals surface area contributed by atoms with Gasteiger partial charge in [0.1, 0.15) is 0 Å². The number of fused-ring (bicyclic) bond motifs is 1. The highest BCUT2D eigenvalue weighted by Gasteiger charge is 2.24. The highest BCUT2D eigenvalue weighted by Crippen LogP contribution is 2.34. The first-order valence-electron chi connectivity index (χ1n) is 9.22. The number of hydrogen-bond donors (Lipinski definition) is 0. The van der Waals surface area contributed by atoms with E-state index in [-0.39, 0.29) is 18.3 Å². The fourth-order valence-corrected chi connectivity index (χ4v) is 4.99. The Kier molecular flexibility index (Phi) is 7.83. The molecule has 0 radical (unpaired) electrons. The van der Waals surface area contributed by atoms with E-state index in [0.29, 0.717) is 32.3 Å². The predicted molar refractivity (Wildman–Crippen MR) is 132 cm³/mol. The van der Waals surface area contributed by atoms with Gasteiger partial charge in [0.2, 0.25) is 0 Å². The number of rotatable bonds is 6. The Labute approximate surface area is 205 Å². The van der Waals surface area contributed by atoms with Gasteiger partial charge in [0.05, 0.1) is 27.1 Å². The zero-order valence-electron chi connectivity index (χ0n) is 16.4. The molecule has 0 spiro atoms. The first-order chi connectivity index (χ1) is 14.4. The minimum atomic E-state index is -0.240. The van der Waals surface area contributed by atoms with E-state index >= 15 is 0 Å². The summed E-state index contributed by atoms with van der Waals surface area (Å²) in [7, 11) is 0. The number of hydrogen-bond acceptors (Lipinski definition) is 4. The van der Waals surface area contributed by atoms with Gasteiger partial charge in [-0.25, -0.2) is 9.97 Å². The van der Waals surface area contributed by atoms with Gasteiger partial charge in [-0.05, 0) is 49.2 Å². The molecule has 0 bridgehead atoms. The van der Waals surface area contributed by atoms with Crippen LogP contribution in [-0.2, 0) is 6.54 Å². The van der Waals surface area contributed by atoms with E-state index in [1.807, 2.05) is 29.8 Å². The summed E-state index contributed by atoms with van der Waals surface area (Å²) in [6, 6.07) is 8.61. The quantitative estimate of drug-likeness (QED) is 0.280. The van der Waals surface area contributed by atoms with Crippen molar-refractivity contribution in [2.75, 3.05) is 11.4 Å². The highest BCUT2D eigenvalue weighted by atomic mass is 35.5. The lowest BCUT2D eigenvalue weighted by molar-refractivity contribution is 0.0986. The van der Waals surface area contributed by atoms with E-state index in [9.17, 15) is 4.79 Å². The topological polar surface area (TPSA) is 51.0 Å². The molecule has 10 heteroatoms. The fraction of sp³-hybridized carbons (Fsp3) is 0.190. The summed E-state index contributed by atoms with van der Waals surface area (Å²) < 4.78 is 2.90. The first-order valence-corrected chi connectivity index (χ1v) is 11.2. The van der Waals surface area contributed by atoms with Gasteiger partial charge in [0.25, 0.3) is 5.91 Å². The Morgan fingerprint density at radius 1 is 1.16 bits per heavy atom. The Morgan fingerprint density at radius 2 is 1.97 bits per heavy atom. The van der Waals surface area contributed by atoms with Gasteiger partial charge in [-0.1, -0.05) is 46.1 Å². The van der Waals surface area contributed by atoms with Crippen LogP contribution < -0.4 is 4.90 Å². The number of imidazole rings is 1. The van der Waals surface area contributed by atoms with E-state index in [4.69, 9.17) is 39.8 Å². The number of halogens is 4. The van der Waals surface area contributed by atoms with Crippen LogP contribution in [0.1, 0.15) is 22.3 Å². The molecule has 4 rings (SSSR count). The van der Waals surface area contributed by atoms with Crippen molar-refractivity contribution in [1.29, 1.82) is 0 Å². The summed E-state index contributed by atoms with van der Waals surface area (Å²) in [6.45, 7) is 3.14. The van der Waals surface area contributed by atoms with Gasteiger partial charge in [0.15, 0.2) is 5.13 Å². The van der Waals surface area contributed by atoms with Gasteiger partial charge >= 0.3 is 0 Å². The number of carbonyl (C=O) groups is 1. The zero-order chi connectivity index (χ0) is 21.3. The minimum absolute atomic E-state index is 0. The van der Waals surface area contributed by atoms with Crippen molar-refractivity contribution in [3.8, 4) is 0 Å². The number of aromatic nitrogens is 3. The summed E-state index contributed by atoms with van der Waals surface area (Å²) in [5.74, 6) is -0.240. The van der Waals surface area contributed by atoms with E-state index in [2.05, 4.69) is 4.98 Å². The van der Waals surface area contributed by atoms with Gasteiger partial charge in [-0.3, -0.25) is 9.69 Å². The Balaban J connectivity index is 0.00000272. The maximum absolute atomic E-state index is 13.4. The van der Waals surface area contributed by atoms with Gasteiger partial charge in [0, 0.05) is 35.5 Å². The van der Waals surface area contributed by atoms with Crippen molar-refractivity contribution in [2.45, 2.75) is 19.9 Å². The summed E-state index contributed by atoms with van der Waals surface area (Å²) in [5, 5.41) is 2.05. The number of anilines is 1. The zero-order valence-corrected chi connectivity index (χ0v) is 20.3. The monoisotopic (exact) mass is 514 g/mol. The molecule has 2 aromatic heterocycles. The fourth-order valence-electron chi connectivity index (χ4n) is 3.18. The van der Waals surface area contributed by atoms with Crippen LogP contribution in [0.25, 0.3) is 10.2 Å². The standard InChI is InChI=1S/C21H17Cl3N4OS.ClH/c1-13-9-15(23)11-18-19(13)26-21(30-18)28(7-2-6-27-8-5-25-12-27)20(29)16-10-14(22)3-4-17(16)24;/h3-5,8-12H,2,6-7H2,1H3;1H. The molecule has 0 saturated carbocycles. The Morgan fingerprint density at radius 3 is 2.71 bits per heavy atom. The molecule has 0 N–H and O–H groups in total. The van der Waals surface area contributed by atoms with E-state index in [1.54, 1.807) is 35.6 Å². The number of nitrogens with zero attached hydrogens (tertiary/aromatic N) is 4. The SMILES string of the molecule is Cc1cc(Cl)cc2sc(N(CCCn3ccnc3)C(=O)c3cc(Cl)ccc3Cl)nc12.Cl. The predicted octanol–water partition coefficient (Wildman–Crippen LogP) is 6.92. The molecule has 0 aliphatic carbocycles. The van der Waals surface area contributed by atoms with Crippen LogP contribution >= 0.6 is 58.5 Å². The molecule has 162 valence electrons. The van der Waals surface area contributed by atoms with E-state index < -0.39 is 0 Å². The van der Waals surface area contributed by atoms with Crippen molar-refractivity contribution in [1.82, 2.24) is 14.5 Å². The molecular formula is C21H18Cl4N4OS. The highest BCUT2D eigenvalue weighted by molar-refractivity contribution is 7.22. The lowest BCUT2D eigenvalue weighted by Crippen LogP contribution is -2.32. The Hall–Kier alpha value is -1.83. The minimum Gasteiger partial charge on any atom is -0.337 e. The normalized spacial score (nSPS) is 10.8. The molecule has 4 aromatic rings. The van der Waals surface area contributed by atoms with Crippen molar-refractivity contribution in [3.63, 3.8) is 0 Å². The van der Waals surface area contributed by atoms with Crippen LogP contribution in [0.3, 0.4) is 0 Å². The van der Waals surface area contributed by atoms with Crippen LogP contribution in [0.5, 0.6) is 0 Å². The Bertz CT molecular complexity index is 1210. The van der Waals surface area contributed by atoms with Gasteiger partial charge in [-0.2, -0.15) is 0 Å². The molecule has 5 nitrogen and oxygen atoms in total. The molecule has 0 atom stereocenters. The molecule has 0 unspecified atom stereocenters. The molecule has 0 aliphatic rings. The van der Waals surface area contributed by atoms with Crippen molar-refractivity contribution in [2.24, 2.45) is 0 Å². The van der Waals surface area contributed by atoms with Crippen LogP contribution in [0.15, 0.2) is 49.1 Å². The second kappa shape index (κ2) is 10.2. The third-order valence-electron chi connectivity index (χ3n) is 4.63. The second-order valence-corrected chi connectivity index (χ2v) is 9.09. The summed E-state index contributed by atoms with van der Waals surface area (Å²) in [6.07, 6.45) is 6.09. The molecule has 0 aliphatic heterocycles. The first kappa shape index (κ1) is 23.8. The molecule has 1 amide bonds. The molecule has 0 saturated heterocycles. The van der Waals surface area contributed by atoms with Crippen LogP contribution in [0.4, 0.5) is 5.13 Å². The number of thiazole rings is 1. The number of carbonyl (C=O) groups excluding carboxylic acids is 1. The maximum Gasteiger partial charge on any atom is 0.261 e. The van der Waals surface area contributed by atoms with Crippen LogP contribution in [-0.4, -0.2) is 27.0 Å². The van der Waals surface area contributed by atoms with E-state index in [0.717, 1.165) is 28.7 Å². The van der Waals surface area contributed by atoms with E-state index in [1.165, 1.54) is 11.3 Å². The second-order valence-electron chi connectivity index (χ2n) is 6.80. The summed E-state index contributed by atoms with van der Waals surface area (Å²) >= 11 is 20.1. The van der Waals surface area contributed by atoms with Gasteiger partial charge in [-0.15, -0.1) is 12.4 Å². The van der Waals surface area contributed by atoms with Crippen LogP contribution in [0.2, 0.25) is 15.1 Å². The number of amides is 1. The van der Waals surface area contributed by atoms with Crippen molar-refractivity contribution < 1.29 is 4.79 Å². The number of benzene rings is 2. The van der Waals surface area contributed by atoms with Crippen LogP contribution in [0, 0.1) is 6.92 Å². The molecular weight excluding hydrogens is 498 g/mol. The largest absolute Gasteiger partial charge is 0.337 e. The third kappa shape index (κ3) is 5.33. The molecule has 2 aromatic carbocycles. The lowest BCUT2D eigenvalue weighted by atomic mass is 10.2. The smallest absolute Gasteiger partial charge is 0.261 e. The maximum atomic E-state index is 13.4. The lowest BCUT2D eigenvalue weighted by Gasteiger charge is -2.21. The van der Waals surface area contributed by atoms with Gasteiger partial charge < -0.3 is 4.57 Å². The molecule has 2 heterocycles.